The number of aryl methyl sites for hydroxylation is 2. The number of aliphatic hydroxyl groups is 1. The summed E-state index contributed by atoms with van der Waals surface area (Å²) < 4.78 is 11.3. The number of nitrogens with one attached hydrogen (secondary N) is 3. The number of ether oxygens (including phenoxy) is 2. The Bertz CT molecular complexity index is 1890. The summed E-state index contributed by atoms with van der Waals surface area (Å²) in [5.74, 6) is -0.857. The summed E-state index contributed by atoms with van der Waals surface area (Å²) in [5.41, 5.74) is 9.78. The van der Waals surface area contributed by atoms with Crippen molar-refractivity contribution in [2.75, 3.05) is 13.2 Å². The van der Waals surface area contributed by atoms with Crippen LogP contribution in [0.15, 0.2) is 54.0 Å². The molecule has 0 bridgehead atoms. The van der Waals surface area contributed by atoms with E-state index in [1.165, 1.54) is 4.90 Å². The summed E-state index contributed by atoms with van der Waals surface area (Å²) in [7, 11) is 0. The van der Waals surface area contributed by atoms with Gasteiger partial charge in [-0.05, 0) is 87.6 Å². The summed E-state index contributed by atoms with van der Waals surface area (Å²) >= 11 is 1.57. The molecule has 1 saturated heterocycles. The van der Waals surface area contributed by atoms with E-state index in [0.717, 1.165) is 46.5 Å². The number of carbonyl (C=O) groups excluding carboxylic acids is 5. The number of benzene rings is 2. The van der Waals surface area contributed by atoms with E-state index in [1.54, 1.807) is 32.1 Å². The monoisotopic (exact) mass is 834 g/mol. The van der Waals surface area contributed by atoms with Crippen LogP contribution in [0.3, 0.4) is 0 Å². The molecule has 0 aliphatic carbocycles. The summed E-state index contributed by atoms with van der Waals surface area (Å²) in [6, 6.07) is 13.3. The molecule has 1 fully saturated rings. The van der Waals surface area contributed by atoms with Gasteiger partial charge in [-0.3, -0.25) is 19.2 Å². The normalized spacial score (nSPS) is 16.5. The van der Waals surface area contributed by atoms with Gasteiger partial charge in [0.15, 0.2) is 0 Å². The van der Waals surface area contributed by atoms with Gasteiger partial charge in [0.05, 0.1) is 28.2 Å². The number of amides is 5. The number of β-amino-alcohol motifs (C(OH)–C–C–N with tert-alkyl or cyclic N) is 1. The van der Waals surface area contributed by atoms with Crippen molar-refractivity contribution in [1.29, 1.82) is 0 Å². The second-order valence-electron chi connectivity index (χ2n) is 17.3. The van der Waals surface area contributed by atoms with Crippen molar-refractivity contribution in [3.05, 3.63) is 70.9 Å². The van der Waals surface area contributed by atoms with Gasteiger partial charge in [-0.1, -0.05) is 63.6 Å². The zero-order valence-corrected chi connectivity index (χ0v) is 36.3. The maximum absolute atomic E-state index is 14.0. The predicted octanol–water partition coefficient (Wildman–Crippen LogP) is 5.57. The van der Waals surface area contributed by atoms with Crippen LogP contribution >= 0.6 is 11.3 Å². The molecule has 4 rings (SSSR count). The maximum atomic E-state index is 14.0. The first-order valence-electron chi connectivity index (χ1n) is 20.3. The fourth-order valence-electron chi connectivity index (χ4n) is 6.78. The largest absolute Gasteiger partial charge is 0.491 e. The van der Waals surface area contributed by atoms with E-state index in [2.05, 4.69) is 20.9 Å². The molecule has 59 heavy (non-hydrogen) atoms. The van der Waals surface area contributed by atoms with Gasteiger partial charge >= 0.3 is 6.09 Å². The van der Waals surface area contributed by atoms with Crippen LogP contribution < -0.4 is 26.4 Å². The van der Waals surface area contributed by atoms with Crippen molar-refractivity contribution in [2.24, 2.45) is 11.1 Å². The van der Waals surface area contributed by atoms with Crippen LogP contribution in [0.5, 0.6) is 5.75 Å². The van der Waals surface area contributed by atoms with Crippen molar-refractivity contribution in [1.82, 2.24) is 25.8 Å². The number of hydrogen-bond acceptors (Lipinski definition) is 10. The Morgan fingerprint density at radius 1 is 0.966 bits per heavy atom. The van der Waals surface area contributed by atoms with Gasteiger partial charge in [-0.2, -0.15) is 0 Å². The summed E-state index contributed by atoms with van der Waals surface area (Å²) in [6.45, 7) is 13.3. The first-order valence-corrected chi connectivity index (χ1v) is 21.2. The maximum Gasteiger partial charge on any atom is 0.407 e. The number of hydrogen-bond donors (Lipinski definition) is 5. The number of carbonyl (C=O) groups is 5. The Morgan fingerprint density at radius 2 is 1.69 bits per heavy atom. The first kappa shape index (κ1) is 46.7. The highest BCUT2D eigenvalue weighted by molar-refractivity contribution is 7.13. The lowest BCUT2D eigenvalue weighted by Gasteiger charge is -2.35. The SMILES string of the molecule is Cc1ncsc1-c1ccc(CNC(=O)[C@@H]2C[C@@H](O)CN2C(=O)C(NC(=O)CCCCCc2cccc(OC[C@H](CCC(N)=O)NC(=O)OC(C)(C)C)c2)C(C)(C)C)cc1. The number of likely N-dealkylation sites (tertiary alicyclic amines) is 1. The molecule has 0 radical (unpaired) electrons. The molecule has 3 aromatic rings. The average Bonchev–Trinajstić information content (AvgIpc) is 3.77. The first-order chi connectivity index (χ1) is 27.8. The van der Waals surface area contributed by atoms with Crippen molar-refractivity contribution in [2.45, 2.75) is 136 Å². The number of primary amides is 1. The number of rotatable bonds is 19. The summed E-state index contributed by atoms with van der Waals surface area (Å²) in [4.78, 5) is 71.2. The molecule has 2 aromatic carbocycles. The highest BCUT2D eigenvalue weighted by Gasteiger charge is 2.44. The Morgan fingerprint density at radius 3 is 2.34 bits per heavy atom. The van der Waals surface area contributed by atoms with E-state index in [1.807, 2.05) is 81.7 Å². The number of nitrogens with zero attached hydrogens (tertiary/aromatic N) is 2. The third kappa shape index (κ3) is 15.3. The lowest BCUT2D eigenvalue weighted by Crippen LogP contribution is -2.57. The molecule has 5 amide bonds. The highest BCUT2D eigenvalue weighted by atomic mass is 32.1. The molecule has 1 aromatic heterocycles. The molecule has 6 N–H and O–H groups in total. The second-order valence-corrected chi connectivity index (χ2v) is 18.2. The lowest BCUT2D eigenvalue weighted by molar-refractivity contribution is -0.144. The Hall–Kier alpha value is -5.02. The third-order valence-corrected chi connectivity index (χ3v) is 10.9. The van der Waals surface area contributed by atoms with Crippen LogP contribution in [0.2, 0.25) is 0 Å². The van der Waals surface area contributed by atoms with Crippen LogP contribution in [0, 0.1) is 12.3 Å². The number of aliphatic hydroxyl groups excluding tert-OH is 1. The molecule has 322 valence electrons. The van der Waals surface area contributed by atoms with Gasteiger partial charge in [0, 0.05) is 32.4 Å². The fraction of sp³-hybridized carbons (Fsp3) is 0.545. The topological polar surface area (TPSA) is 202 Å². The minimum absolute atomic E-state index is 0.00730. The molecular weight excluding hydrogens is 773 g/mol. The number of nitrogens with two attached hydrogens (primary N) is 1. The van der Waals surface area contributed by atoms with Crippen LogP contribution in [-0.4, -0.2) is 87.7 Å². The standard InChI is InChI=1S/C44H62N6O8S/c1-28-38(59-27-47-28)31-18-16-30(17-19-31)24-46-40(54)35-23-33(51)25-50(35)41(55)39(43(2,3)4)49-37(53)15-10-8-9-12-29-13-11-14-34(22-29)57-26-32(20-21-36(45)52)48-42(56)58-44(5,6)7/h11,13-14,16-19,22,27,32-33,35,39,51H,8-10,12,15,20-21,23-26H2,1-7H3,(H2,45,52)(H,46,54)(H,48,56)(H,49,53)/t32-,33+,35-,39?/m0/s1. The van der Waals surface area contributed by atoms with E-state index < -0.39 is 53.2 Å². The second kappa shape index (κ2) is 21.3. The molecule has 4 atom stereocenters. The zero-order valence-electron chi connectivity index (χ0n) is 35.5. The van der Waals surface area contributed by atoms with Crippen LogP contribution in [0.4, 0.5) is 4.79 Å². The Kier molecular flexibility index (Phi) is 16.8. The van der Waals surface area contributed by atoms with Crippen molar-refractivity contribution in [3.63, 3.8) is 0 Å². The minimum atomic E-state index is -0.893. The molecule has 1 aliphatic heterocycles. The molecule has 14 nitrogen and oxygen atoms in total. The van der Waals surface area contributed by atoms with Gasteiger partial charge in [-0.25, -0.2) is 9.78 Å². The molecule has 0 spiro atoms. The van der Waals surface area contributed by atoms with Crippen molar-refractivity contribution < 1.29 is 38.6 Å². The number of thiazole rings is 1. The lowest BCUT2D eigenvalue weighted by atomic mass is 9.85. The molecule has 2 heterocycles. The van der Waals surface area contributed by atoms with E-state index in [-0.39, 0.29) is 50.8 Å². The number of unbranched alkanes of at least 4 members (excludes halogenated alkanes) is 2. The number of alkyl carbamates (subject to hydrolysis) is 1. The van der Waals surface area contributed by atoms with Crippen LogP contribution in [0.1, 0.15) is 103 Å². The molecular formula is C44H62N6O8S. The summed E-state index contributed by atoms with van der Waals surface area (Å²) in [6.07, 6.45) is 2.24. The van der Waals surface area contributed by atoms with E-state index in [0.29, 0.717) is 18.6 Å². The molecule has 0 saturated carbocycles. The van der Waals surface area contributed by atoms with Gasteiger partial charge in [-0.15, -0.1) is 11.3 Å². The Labute approximate surface area is 352 Å². The quantitative estimate of drug-likeness (QED) is 0.0958. The highest BCUT2D eigenvalue weighted by Crippen LogP contribution is 2.28. The van der Waals surface area contributed by atoms with Crippen molar-refractivity contribution >= 4 is 41.1 Å². The molecule has 15 heteroatoms. The van der Waals surface area contributed by atoms with Crippen molar-refractivity contribution in [3.8, 4) is 16.2 Å². The molecule has 1 aliphatic rings. The van der Waals surface area contributed by atoms with Crippen LogP contribution in [0.25, 0.3) is 10.4 Å². The van der Waals surface area contributed by atoms with E-state index in [4.69, 9.17) is 15.2 Å². The zero-order chi connectivity index (χ0) is 43.3. The predicted molar refractivity (Wildman–Crippen MR) is 227 cm³/mol. The van der Waals surface area contributed by atoms with Gasteiger partial charge in [0.2, 0.25) is 23.6 Å². The minimum Gasteiger partial charge on any atom is -0.491 e. The Balaban J connectivity index is 1.23. The summed E-state index contributed by atoms with van der Waals surface area (Å²) in [5, 5.41) is 19.2. The molecule has 1 unspecified atom stereocenters. The van der Waals surface area contributed by atoms with E-state index >= 15 is 0 Å². The smallest absolute Gasteiger partial charge is 0.407 e. The van der Waals surface area contributed by atoms with Gasteiger partial charge in [0.25, 0.3) is 0 Å². The van der Waals surface area contributed by atoms with Gasteiger partial charge < -0.3 is 41.2 Å². The van der Waals surface area contributed by atoms with E-state index in [9.17, 15) is 29.1 Å². The fourth-order valence-corrected chi connectivity index (χ4v) is 7.59. The average molecular weight is 835 g/mol. The number of aromatic nitrogens is 1. The van der Waals surface area contributed by atoms with Crippen LogP contribution in [-0.2, 0) is 36.9 Å². The third-order valence-electron chi connectivity index (χ3n) is 9.89. The van der Waals surface area contributed by atoms with Gasteiger partial charge in [0.1, 0.15) is 30.0 Å².